The maximum Gasteiger partial charge on any atom is 0.306 e. The molecule has 0 spiro atoms. The van der Waals surface area contributed by atoms with Crippen molar-refractivity contribution in [3.05, 3.63) is 109 Å². The van der Waals surface area contributed by atoms with Gasteiger partial charge in [-0.05, 0) is 128 Å². The summed E-state index contributed by atoms with van der Waals surface area (Å²) in [5.74, 6) is -1.01. The molecule has 0 fully saturated rings. The van der Waals surface area contributed by atoms with Crippen LogP contribution in [-0.4, -0.2) is 37.2 Å². The first kappa shape index (κ1) is 64.1. The average molecular weight is 943 g/mol. The van der Waals surface area contributed by atoms with Crippen molar-refractivity contribution in [1.29, 1.82) is 0 Å². The Morgan fingerprint density at radius 3 is 0.926 bits per heavy atom. The smallest absolute Gasteiger partial charge is 0.306 e. The Hall–Kier alpha value is -3.93. The van der Waals surface area contributed by atoms with Gasteiger partial charge in [0, 0.05) is 19.3 Å². The molecule has 0 heterocycles. The highest BCUT2D eigenvalue weighted by molar-refractivity contribution is 5.71. The lowest BCUT2D eigenvalue weighted by molar-refractivity contribution is -0.167. The van der Waals surface area contributed by atoms with Crippen molar-refractivity contribution in [2.75, 3.05) is 13.2 Å². The summed E-state index contributed by atoms with van der Waals surface area (Å²) in [6, 6.07) is 0. The van der Waals surface area contributed by atoms with E-state index < -0.39 is 6.10 Å². The third-order valence-corrected chi connectivity index (χ3v) is 11.5. The number of carbonyl (C=O) groups is 3. The van der Waals surface area contributed by atoms with Crippen LogP contribution < -0.4 is 0 Å². The highest BCUT2D eigenvalue weighted by Gasteiger charge is 2.19. The van der Waals surface area contributed by atoms with Crippen LogP contribution in [0.25, 0.3) is 0 Å². The fraction of sp³-hybridized carbons (Fsp3) is 0.661. The van der Waals surface area contributed by atoms with Gasteiger partial charge in [-0.1, -0.05) is 207 Å². The van der Waals surface area contributed by atoms with Gasteiger partial charge in [0.05, 0.1) is 0 Å². The molecule has 386 valence electrons. The number of unbranched alkanes of at least 4 members (excludes halogenated alkanes) is 20. The summed E-state index contributed by atoms with van der Waals surface area (Å²) < 4.78 is 16.8. The Bertz CT molecular complexity index is 1410. The molecule has 6 nitrogen and oxygen atoms in total. The highest BCUT2D eigenvalue weighted by atomic mass is 16.6. The lowest BCUT2D eigenvalue weighted by Gasteiger charge is -2.18. The van der Waals surface area contributed by atoms with Crippen molar-refractivity contribution in [3.8, 4) is 0 Å². The van der Waals surface area contributed by atoms with Crippen LogP contribution in [0.15, 0.2) is 109 Å². The minimum absolute atomic E-state index is 0.116. The predicted molar refractivity (Wildman–Crippen MR) is 293 cm³/mol. The molecule has 6 heteroatoms. The molecule has 1 atom stereocenters. The van der Waals surface area contributed by atoms with E-state index in [1.165, 1.54) is 96.3 Å². The molecule has 0 aromatic carbocycles. The van der Waals surface area contributed by atoms with Crippen molar-refractivity contribution >= 4 is 17.9 Å². The number of carbonyl (C=O) groups excluding carboxylic acids is 3. The molecule has 0 N–H and O–H groups in total. The van der Waals surface area contributed by atoms with E-state index in [1.54, 1.807) is 0 Å². The molecule has 0 radical (unpaired) electrons. The molecule has 0 saturated heterocycles. The third kappa shape index (κ3) is 53.0. The van der Waals surface area contributed by atoms with Crippen LogP contribution in [0.5, 0.6) is 0 Å². The monoisotopic (exact) mass is 943 g/mol. The second-order valence-corrected chi connectivity index (χ2v) is 18.1. The molecule has 68 heavy (non-hydrogen) atoms. The number of allylic oxidation sites excluding steroid dienone is 18. The number of esters is 3. The van der Waals surface area contributed by atoms with E-state index in [0.29, 0.717) is 19.3 Å². The van der Waals surface area contributed by atoms with Crippen LogP contribution in [0.4, 0.5) is 0 Å². The van der Waals surface area contributed by atoms with Gasteiger partial charge >= 0.3 is 17.9 Å². The second kappa shape index (κ2) is 55.7. The zero-order valence-electron chi connectivity index (χ0n) is 44.1. The van der Waals surface area contributed by atoms with E-state index in [4.69, 9.17) is 14.2 Å². The summed E-state index contributed by atoms with van der Waals surface area (Å²) in [6.07, 6.45) is 75.0. The second-order valence-electron chi connectivity index (χ2n) is 18.1. The summed E-state index contributed by atoms with van der Waals surface area (Å²) in [5, 5.41) is 0. The molecule has 0 aromatic rings. The quantitative estimate of drug-likeness (QED) is 0.0262. The average Bonchev–Trinajstić information content (AvgIpc) is 3.34. The first-order valence-electron chi connectivity index (χ1n) is 27.9. The molecule has 0 saturated carbocycles. The molecule has 0 amide bonds. The van der Waals surface area contributed by atoms with Crippen molar-refractivity contribution in [3.63, 3.8) is 0 Å². The topological polar surface area (TPSA) is 78.9 Å². The summed E-state index contributed by atoms with van der Waals surface area (Å²) in [5.41, 5.74) is 0. The number of hydrogen-bond acceptors (Lipinski definition) is 6. The van der Waals surface area contributed by atoms with Crippen LogP contribution in [-0.2, 0) is 28.6 Å². The van der Waals surface area contributed by atoms with Gasteiger partial charge in [-0.2, -0.15) is 0 Å². The Morgan fingerprint density at radius 1 is 0.294 bits per heavy atom. The Morgan fingerprint density at radius 2 is 0.544 bits per heavy atom. The largest absolute Gasteiger partial charge is 0.462 e. The maximum atomic E-state index is 12.8. The SMILES string of the molecule is CCCCC/C=C\C/C=C\C/C=C\C/C=C\CCCCCC(=O)OC[C@@H](COC(=O)CCCCCCC/C=C\CCCCCCC)OC(=O)CCC/C=C\C/C=C\C/C=C\C/C=C\CCCCC. The zero-order chi connectivity index (χ0) is 49.3. The van der Waals surface area contributed by atoms with E-state index in [0.717, 1.165) is 103 Å². The summed E-state index contributed by atoms with van der Waals surface area (Å²) in [4.78, 5) is 38.1. The fourth-order valence-corrected chi connectivity index (χ4v) is 7.23. The van der Waals surface area contributed by atoms with E-state index in [1.807, 2.05) is 0 Å². The van der Waals surface area contributed by atoms with E-state index >= 15 is 0 Å². The van der Waals surface area contributed by atoms with Gasteiger partial charge in [0.2, 0.25) is 0 Å². The molecule has 0 aliphatic rings. The Labute approximate surface area is 419 Å². The minimum atomic E-state index is -0.825. The minimum Gasteiger partial charge on any atom is -0.462 e. The first-order chi connectivity index (χ1) is 33.5. The van der Waals surface area contributed by atoms with Crippen LogP contribution in [0.3, 0.4) is 0 Å². The lowest BCUT2D eigenvalue weighted by atomic mass is 10.1. The van der Waals surface area contributed by atoms with Crippen molar-refractivity contribution in [2.24, 2.45) is 0 Å². The van der Waals surface area contributed by atoms with Crippen molar-refractivity contribution in [1.82, 2.24) is 0 Å². The van der Waals surface area contributed by atoms with Crippen LogP contribution in [0, 0.1) is 0 Å². The summed E-state index contributed by atoms with van der Waals surface area (Å²) >= 11 is 0. The van der Waals surface area contributed by atoms with E-state index in [2.05, 4.69) is 130 Å². The molecular formula is C62H102O6. The zero-order valence-corrected chi connectivity index (χ0v) is 44.1. The number of rotatable bonds is 49. The van der Waals surface area contributed by atoms with Gasteiger partial charge in [-0.3, -0.25) is 14.4 Å². The van der Waals surface area contributed by atoms with Gasteiger partial charge in [0.25, 0.3) is 0 Å². The maximum absolute atomic E-state index is 12.8. The van der Waals surface area contributed by atoms with E-state index in [9.17, 15) is 14.4 Å². The van der Waals surface area contributed by atoms with Crippen LogP contribution >= 0.6 is 0 Å². The van der Waals surface area contributed by atoms with Gasteiger partial charge in [-0.25, -0.2) is 0 Å². The standard InChI is InChI=1S/C62H102O6/c1-4-7-10-13-16-19-22-25-28-30-31-33-34-37-40-43-46-49-52-55-61(64)67-58-59(57-66-60(63)54-51-48-45-42-39-36-27-24-21-18-15-12-9-6-3)68-62(65)56-53-50-47-44-41-38-35-32-29-26-23-20-17-14-11-8-5-2/h16-17,19-20,24-29,31,33,35,37-38,40,44,47,59H,4-15,18,21-23,30,32,34,36,39,41-43,45-46,48-58H2,1-3H3/b19-16-,20-17-,27-24-,28-25-,29-26-,33-31-,38-35-,40-37-,47-44-/t59-/m1/s1. The molecule has 0 aliphatic carbocycles. The Kier molecular flexibility index (Phi) is 52.4. The van der Waals surface area contributed by atoms with Crippen molar-refractivity contribution < 1.29 is 28.6 Å². The van der Waals surface area contributed by atoms with E-state index in [-0.39, 0.29) is 37.5 Å². The first-order valence-corrected chi connectivity index (χ1v) is 27.9. The van der Waals surface area contributed by atoms with Crippen LogP contribution in [0.1, 0.15) is 245 Å². The molecule has 0 unspecified atom stereocenters. The molecule has 0 bridgehead atoms. The predicted octanol–water partition coefficient (Wildman–Crippen LogP) is 18.7. The number of ether oxygens (including phenoxy) is 3. The van der Waals surface area contributed by atoms with Crippen molar-refractivity contribution in [2.45, 2.75) is 252 Å². The molecule has 0 aromatic heterocycles. The highest BCUT2D eigenvalue weighted by Crippen LogP contribution is 2.12. The summed E-state index contributed by atoms with van der Waals surface area (Å²) in [7, 11) is 0. The molecule has 0 rings (SSSR count). The Balaban J connectivity index is 4.56. The molecule has 0 aliphatic heterocycles. The normalized spacial score (nSPS) is 12.9. The molecular weight excluding hydrogens is 841 g/mol. The van der Waals surface area contributed by atoms with Gasteiger partial charge < -0.3 is 14.2 Å². The van der Waals surface area contributed by atoms with Gasteiger partial charge in [0.1, 0.15) is 13.2 Å². The lowest BCUT2D eigenvalue weighted by Crippen LogP contribution is -2.30. The fourth-order valence-electron chi connectivity index (χ4n) is 7.23. The number of hydrogen-bond donors (Lipinski definition) is 0. The summed E-state index contributed by atoms with van der Waals surface area (Å²) in [6.45, 7) is 6.49. The van der Waals surface area contributed by atoms with Gasteiger partial charge in [-0.15, -0.1) is 0 Å². The van der Waals surface area contributed by atoms with Crippen LogP contribution in [0.2, 0.25) is 0 Å². The van der Waals surface area contributed by atoms with Gasteiger partial charge in [0.15, 0.2) is 6.10 Å². The third-order valence-electron chi connectivity index (χ3n) is 11.5.